The minimum atomic E-state index is -0.794. The molecule has 1 aliphatic heterocycles. The Morgan fingerprint density at radius 2 is 2.00 bits per heavy atom. The number of nitrogens with zero attached hydrogens (tertiary/aromatic N) is 1. The molecule has 26 heavy (non-hydrogen) atoms. The van der Waals surface area contributed by atoms with Crippen molar-refractivity contribution in [1.29, 1.82) is 0 Å². The van der Waals surface area contributed by atoms with E-state index in [-0.39, 0.29) is 24.0 Å². The molecule has 0 spiro atoms. The average Bonchev–Trinajstić information content (AvgIpc) is 3.11. The van der Waals surface area contributed by atoms with Crippen molar-refractivity contribution in [2.75, 3.05) is 39.4 Å². The lowest BCUT2D eigenvalue weighted by atomic mass is 10.3. The van der Waals surface area contributed by atoms with E-state index in [1.165, 1.54) is 12.1 Å². The molecule has 1 aromatic heterocycles. The molecule has 1 fully saturated rings. The molecule has 1 saturated heterocycles. The van der Waals surface area contributed by atoms with Crippen molar-refractivity contribution < 1.29 is 27.5 Å². The van der Waals surface area contributed by atoms with Gasteiger partial charge in [0.15, 0.2) is 17.3 Å². The summed E-state index contributed by atoms with van der Waals surface area (Å²) in [7, 11) is 0. The molecule has 2 heterocycles. The van der Waals surface area contributed by atoms with Crippen LogP contribution in [-0.2, 0) is 11.3 Å². The number of furan rings is 1. The summed E-state index contributed by atoms with van der Waals surface area (Å²) in [6, 6.07) is 6.16. The number of nitrogens with one attached hydrogen (secondary N) is 1. The summed E-state index contributed by atoms with van der Waals surface area (Å²) in [5, 5.41) is 2.79. The van der Waals surface area contributed by atoms with Gasteiger partial charge in [-0.1, -0.05) is 0 Å². The Kier molecular flexibility index (Phi) is 6.19. The summed E-state index contributed by atoms with van der Waals surface area (Å²) >= 11 is 0. The van der Waals surface area contributed by atoms with Crippen LogP contribution in [0, 0.1) is 11.6 Å². The van der Waals surface area contributed by atoms with E-state index in [0.717, 1.165) is 31.8 Å². The van der Waals surface area contributed by atoms with E-state index in [2.05, 4.69) is 10.2 Å². The van der Waals surface area contributed by atoms with Gasteiger partial charge in [0, 0.05) is 32.2 Å². The number of benzene rings is 1. The second kappa shape index (κ2) is 8.77. The maximum Gasteiger partial charge on any atom is 0.287 e. The number of carbonyl (C=O) groups is 1. The second-order valence-corrected chi connectivity index (χ2v) is 5.84. The molecular weight excluding hydrogens is 346 g/mol. The highest BCUT2D eigenvalue weighted by Crippen LogP contribution is 2.19. The molecule has 0 bridgehead atoms. The Labute approximate surface area is 149 Å². The molecule has 2 aromatic rings. The first-order chi connectivity index (χ1) is 12.6. The van der Waals surface area contributed by atoms with Gasteiger partial charge < -0.3 is 19.2 Å². The van der Waals surface area contributed by atoms with Gasteiger partial charge in [0.2, 0.25) is 0 Å². The predicted molar refractivity (Wildman–Crippen MR) is 89.0 cm³/mol. The largest absolute Gasteiger partial charge is 0.483 e. The first kappa shape index (κ1) is 18.3. The van der Waals surface area contributed by atoms with Gasteiger partial charge in [-0.05, 0) is 24.3 Å². The van der Waals surface area contributed by atoms with Crippen LogP contribution in [0.5, 0.6) is 5.75 Å². The van der Waals surface area contributed by atoms with E-state index >= 15 is 0 Å². The molecule has 1 aromatic carbocycles. The zero-order chi connectivity index (χ0) is 18.4. The summed E-state index contributed by atoms with van der Waals surface area (Å²) in [6.07, 6.45) is 0. The predicted octanol–water partition coefficient (Wildman–Crippen LogP) is 2.20. The molecule has 6 nitrogen and oxygen atoms in total. The Bertz CT molecular complexity index is 745. The van der Waals surface area contributed by atoms with Gasteiger partial charge in [-0.15, -0.1) is 0 Å². The number of ether oxygens (including phenoxy) is 2. The SMILES string of the molecule is O=C(NCCN1CCOCC1)c1ccc(COc2ccc(F)cc2F)o1. The molecule has 0 aliphatic carbocycles. The van der Waals surface area contributed by atoms with Crippen molar-refractivity contribution in [3.63, 3.8) is 0 Å². The first-order valence-electron chi connectivity index (χ1n) is 8.36. The van der Waals surface area contributed by atoms with Gasteiger partial charge >= 0.3 is 0 Å². The van der Waals surface area contributed by atoms with Gasteiger partial charge in [0.1, 0.15) is 18.2 Å². The van der Waals surface area contributed by atoms with Crippen molar-refractivity contribution in [1.82, 2.24) is 10.2 Å². The van der Waals surface area contributed by atoms with E-state index < -0.39 is 11.6 Å². The van der Waals surface area contributed by atoms with Crippen LogP contribution >= 0.6 is 0 Å². The molecule has 140 valence electrons. The zero-order valence-electron chi connectivity index (χ0n) is 14.2. The third-order valence-electron chi connectivity index (χ3n) is 3.97. The van der Waals surface area contributed by atoms with Gasteiger partial charge in [0.25, 0.3) is 5.91 Å². The summed E-state index contributed by atoms with van der Waals surface area (Å²) in [4.78, 5) is 14.3. The van der Waals surface area contributed by atoms with E-state index in [1.54, 1.807) is 6.07 Å². The normalized spacial score (nSPS) is 15.0. The Morgan fingerprint density at radius 3 is 2.77 bits per heavy atom. The van der Waals surface area contributed by atoms with Crippen LogP contribution < -0.4 is 10.1 Å². The van der Waals surface area contributed by atoms with Crippen molar-refractivity contribution in [3.05, 3.63) is 53.5 Å². The van der Waals surface area contributed by atoms with E-state index in [1.807, 2.05) is 0 Å². The van der Waals surface area contributed by atoms with Crippen LogP contribution in [0.15, 0.2) is 34.7 Å². The maximum atomic E-state index is 13.5. The first-order valence-corrected chi connectivity index (χ1v) is 8.36. The third-order valence-corrected chi connectivity index (χ3v) is 3.97. The quantitative estimate of drug-likeness (QED) is 0.814. The van der Waals surface area contributed by atoms with E-state index in [9.17, 15) is 13.6 Å². The molecule has 0 radical (unpaired) electrons. The second-order valence-electron chi connectivity index (χ2n) is 5.84. The molecule has 8 heteroatoms. The summed E-state index contributed by atoms with van der Waals surface area (Å²) in [5.74, 6) is -1.35. The summed E-state index contributed by atoms with van der Waals surface area (Å²) in [6.45, 7) is 4.33. The van der Waals surface area contributed by atoms with Gasteiger partial charge in [-0.25, -0.2) is 8.78 Å². The number of amides is 1. The van der Waals surface area contributed by atoms with Crippen LogP contribution in [0.3, 0.4) is 0 Å². The summed E-state index contributed by atoms with van der Waals surface area (Å²) in [5.41, 5.74) is 0. The van der Waals surface area contributed by atoms with Crippen LogP contribution in [0.25, 0.3) is 0 Å². The lowest BCUT2D eigenvalue weighted by Crippen LogP contribution is -2.41. The van der Waals surface area contributed by atoms with Crippen LogP contribution in [0.2, 0.25) is 0 Å². The van der Waals surface area contributed by atoms with Gasteiger partial charge in [0.05, 0.1) is 13.2 Å². The molecule has 0 unspecified atom stereocenters. The van der Waals surface area contributed by atoms with E-state index in [0.29, 0.717) is 25.5 Å². The van der Waals surface area contributed by atoms with Crippen LogP contribution in [0.4, 0.5) is 8.78 Å². The Morgan fingerprint density at radius 1 is 1.19 bits per heavy atom. The molecular formula is C18H20F2N2O4. The smallest absolute Gasteiger partial charge is 0.287 e. The number of hydrogen-bond donors (Lipinski definition) is 1. The zero-order valence-corrected chi connectivity index (χ0v) is 14.2. The van der Waals surface area contributed by atoms with Crippen molar-refractivity contribution >= 4 is 5.91 Å². The van der Waals surface area contributed by atoms with Crippen molar-refractivity contribution in [2.45, 2.75) is 6.61 Å². The summed E-state index contributed by atoms with van der Waals surface area (Å²) < 4.78 is 42.3. The van der Waals surface area contributed by atoms with Crippen molar-refractivity contribution in [2.24, 2.45) is 0 Å². The standard InChI is InChI=1S/C18H20F2N2O4/c19-13-1-3-16(15(20)11-13)25-12-14-2-4-17(26-14)18(23)21-5-6-22-7-9-24-10-8-22/h1-4,11H,5-10,12H2,(H,21,23). The van der Waals surface area contributed by atoms with Gasteiger partial charge in [-0.3, -0.25) is 9.69 Å². The number of hydrogen-bond acceptors (Lipinski definition) is 5. The van der Waals surface area contributed by atoms with Crippen LogP contribution in [0.1, 0.15) is 16.3 Å². The monoisotopic (exact) mass is 366 g/mol. The molecule has 1 amide bonds. The van der Waals surface area contributed by atoms with Crippen LogP contribution in [-0.4, -0.2) is 50.2 Å². The number of halogens is 2. The van der Waals surface area contributed by atoms with Crippen molar-refractivity contribution in [3.8, 4) is 5.75 Å². The minimum absolute atomic E-state index is 0.0659. The molecule has 0 saturated carbocycles. The lowest BCUT2D eigenvalue weighted by molar-refractivity contribution is 0.0382. The average molecular weight is 366 g/mol. The fraction of sp³-hybridized carbons (Fsp3) is 0.389. The minimum Gasteiger partial charge on any atom is -0.483 e. The number of rotatable bonds is 7. The highest BCUT2D eigenvalue weighted by Gasteiger charge is 2.14. The topological polar surface area (TPSA) is 63.9 Å². The fourth-order valence-electron chi connectivity index (χ4n) is 2.56. The Balaban J connectivity index is 1.45. The molecule has 1 N–H and O–H groups in total. The fourth-order valence-corrected chi connectivity index (χ4v) is 2.56. The molecule has 1 aliphatic rings. The Hall–Kier alpha value is -2.45. The third kappa shape index (κ3) is 5.03. The molecule has 3 rings (SSSR count). The number of morpholine rings is 1. The van der Waals surface area contributed by atoms with E-state index in [4.69, 9.17) is 13.9 Å². The van der Waals surface area contributed by atoms with Gasteiger partial charge in [-0.2, -0.15) is 0 Å². The number of carbonyl (C=O) groups excluding carboxylic acids is 1. The highest BCUT2D eigenvalue weighted by atomic mass is 19.1. The lowest BCUT2D eigenvalue weighted by Gasteiger charge is -2.26. The molecule has 0 atom stereocenters. The highest BCUT2D eigenvalue weighted by molar-refractivity contribution is 5.91. The maximum absolute atomic E-state index is 13.5.